The van der Waals surface area contributed by atoms with Gasteiger partial charge >= 0.3 is 0 Å². The Hall–Kier alpha value is -1.15. The van der Waals surface area contributed by atoms with E-state index in [1.54, 1.807) is 12.1 Å². The van der Waals surface area contributed by atoms with Crippen LogP contribution in [0.15, 0.2) is 29.2 Å². The van der Waals surface area contributed by atoms with Crippen molar-refractivity contribution in [2.24, 2.45) is 0 Å². The number of nitrogens with one attached hydrogen (secondary N) is 2. The summed E-state index contributed by atoms with van der Waals surface area (Å²) in [4.78, 5) is 14.8. The van der Waals surface area contributed by atoms with Crippen molar-refractivity contribution in [3.63, 3.8) is 0 Å². The molecule has 1 aromatic rings. The second-order valence-electron chi connectivity index (χ2n) is 7.63. The fourth-order valence-corrected chi connectivity index (χ4v) is 5.23. The van der Waals surface area contributed by atoms with Crippen LogP contribution in [0.25, 0.3) is 0 Å². The summed E-state index contributed by atoms with van der Waals surface area (Å²) in [5.41, 5.74) is 0.529. The molecule has 2 aliphatic heterocycles. The maximum absolute atomic E-state index is 12.8. The SMILES string of the molecule is CCC(C)NS(=O)(=O)c1ccc(C(=O)N(C)C2CC3CCC(C2)N3)cc1.Cl. The van der Waals surface area contributed by atoms with Gasteiger partial charge in [-0.05, 0) is 63.3 Å². The molecule has 1 aromatic carbocycles. The van der Waals surface area contributed by atoms with Crippen LogP contribution in [0.1, 0.15) is 56.3 Å². The number of nitrogens with zero attached hydrogens (tertiary/aromatic N) is 1. The van der Waals surface area contributed by atoms with Crippen molar-refractivity contribution >= 4 is 28.3 Å². The first-order chi connectivity index (χ1) is 12.3. The Morgan fingerprint density at radius 2 is 1.78 bits per heavy atom. The summed E-state index contributed by atoms with van der Waals surface area (Å²) in [5, 5.41) is 3.59. The zero-order valence-corrected chi connectivity index (χ0v) is 17.8. The largest absolute Gasteiger partial charge is 0.339 e. The third-order valence-corrected chi connectivity index (χ3v) is 7.30. The predicted octanol–water partition coefficient (Wildman–Crippen LogP) is 2.54. The molecule has 2 bridgehead atoms. The number of amides is 1. The number of rotatable bonds is 6. The average molecular weight is 416 g/mol. The van der Waals surface area contributed by atoms with E-state index in [0.29, 0.717) is 17.6 Å². The van der Waals surface area contributed by atoms with E-state index in [1.807, 2.05) is 25.8 Å². The van der Waals surface area contributed by atoms with E-state index in [4.69, 9.17) is 0 Å². The molecule has 152 valence electrons. The summed E-state index contributed by atoms with van der Waals surface area (Å²) in [5.74, 6) is -0.0462. The number of hydrogen-bond donors (Lipinski definition) is 2. The second-order valence-corrected chi connectivity index (χ2v) is 9.35. The van der Waals surface area contributed by atoms with Crippen LogP contribution in [0, 0.1) is 0 Å². The normalized spacial score (nSPS) is 25.5. The number of sulfonamides is 1. The fourth-order valence-electron chi connectivity index (χ4n) is 3.91. The van der Waals surface area contributed by atoms with Gasteiger partial charge in [-0.1, -0.05) is 6.92 Å². The topological polar surface area (TPSA) is 78.5 Å². The molecule has 3 unspecified atom stereocenters. The molecular weight excluding hydrogens is 386 g/mol. The summed E-state index contributed by atoms with van der Waals surface area (Å²) >= 11 is 0. The molecule has 27 heavy (non-hydrogen) atoms. The Balaban J connectivity index is 0.00000261. The van der Waals surface area contributed by atoms with E-state index in [2.05, 4.69) is 10.0 Å². The van der Waals surface area contributed by atoms with Crippen LogP contribution in [0.5, 0.6) is 0 Å². The molecule has 3 rings (SSSR count). The maximum atomic E-state index is 12.8. The van der Waals surface area contributed by atoms with Gasteiger partial charge in [-0.3, -0.25) is 4.79 Å². The third-order valence-electron chi connectivity index (χ3n) is 5.70. The van der Waals surface area contributed by atoms with Gasteiger partial charge in [0.2, 0.25) is 10.0 Å². The lowest BCUT2D eigenvalue weighted by Gasteiger charge is -2.35. The van der Waals surface area contributed by atoms with Crippen molar-refractivity contribution in [3.8, 4) is 0 Å². The second kappa shape index (κ2) is 8.90. The molecule has 6 nitrogen and oxygen atoms in total. The van der Waals surface area contributed by atoms with Crippen LogP contribution < -0.4 is 10.0 Å². The number of piperidine rings is 1. The molecule has 2 saturated heterocycles. The number of fused-ring (bicyclic) bond motifs is 2. The number of carbonyl (C=O) groups excluding carboxylic acids is 1. The standard InChI is InChI=1S/C19H29N3O3S.ClH/c1-4-13(2)21-26(24,25)18-9-5-14(6-10-18)19(23)22(3)17-11-15-7-8-16(12-17)20-15;/h5-6,9-10,13,15-17,20-21H,4,7-8,11-12H2,1-3H3;1H. The maximum Gasteiger partial charge on any atom is 0.253 e. The smallest absolute Gasteiger partial charge is 0.253 e. The molecular formula is C19H30ClN3O3S. The number of carbonyl (C=O) groups is 1. The van der Waals surface area contributed by atoms with E-state index < -0.39 is 10.0 Å². The first-order valence-corrected chi connectivity index (χ1v) is 10.9. The van der Waals surface area contributed by atoms with Crippen LogP contribution >= 0.6 is 12.4 Å². The Kier molecular flexibility index (Phi) is 7.30. The first-order valence-electron chi connectivity index (χ1n) is 9.45. The highest BCUT2D eigenvalue weighted by Crippen LogP contribution is 2.29. The van der Waals surface area contributed by atoms with Crippen LogP contribution in [-0.4, -0.2) is 50.4 Å². The molecule has 0 aromatic heterocycles. The van der Waals surface area contributed by atoms with Gasteiger partial charge < -0.3 is 10.2 Å². The monoisotopic (exact) mass is 415 g/mol. The average Bonchev–Trinajstić information content (AvgIpc) is 2.97. The van der Waals surface area contributed by atoms with Crippen LogP contribution in [0.4, 0.5) is 0 Å². The van der Waals surface area contributed by atoms with Crippen LogP contribution in [-0.2, 0) is 10.0 Å². The molecule has 2 fully saturated rings. The summed E-state index contributed by atoms with van der Waals surface area (Å²) in [6, 6.07) is 7.41. The van der Waals surface area contributed by atoms with E-state index in [-0.39, 0.29) is 35.3 Å². The first kappa shape index (κ1) is 22.1. The molecule has 2 N–H and O–H groups in total. The Labute approximate surface area is 168 Å². The predicted molar refractivity (Wildman–Crippen MR) is 109 cm³/mol. The minimum Gasteiger partial charge on any atom is -0.339 e. The summed E-state index contributed by atoms with van der Waals surface area (Å²) in [6.45, 7) is 3.76. The van der Waals surface area contributed by atoms with E-state index >= 15 is 0 Å². The molecule has 0 radical (unpaired) electrons. The van der Waals surface area contributed by atoms with E-state index in [1.165, 1.54) is 25.0 Å². The molecule has 1 amide bonds. The Morgan fingerprint density at radius 3 is 2.30 bits per heavy atom. The van der Waals surface area contributed by atoms with Gasteiger partial charge in [0.15, 0.2) is 0 Å². The van der Waals surface area contributed by atoms with Crippen molar-refractivity contribution in [2.45, 2.75) is 75.0 Å². The lowest BCUT2D eigenvalue weighted by Crippen LogP contribution is -2.48. The highest BCUT2D eigenvalue weighted by molar-refractivity contribution is 7.89. The van der Waals surface area contributed by atoms with Crippen molar-refractivity contribution in [3.05, 3.63) is 29.8 Å². The summed E-state index contributed by atoms with van der Waals surface area (Å²) in [7, 11) is -1.69. The lowest BCUT2D eigenvalue weighted by atomic mass is 9.98. The summed E-state index contributed by atoms with van der Waals surface area (Å²) in [6.07, 6.45) is 5.09. The molecule has 0 aliphatic carbocycles. The van der Waals surface area contributed by atoms with Crippen LogP contribution in [0.3, 0.4) is 0 Å². The Bertz CT molecular complexity index is 742. The molecule has 0 spiro atoms. The van der Waals surface area contributed by atoms with Crippen molar-refractivity contribution in [2.75, 3.05) is 7.05 Å². The minimum absolute atomic E-state index is 0. The van der Waals surface area contributed by atoms with E-state index in [0.717, 1.165) is 19.3 Å². The van der Waals surface area contributed by atoms with Crippen molar-refractivity contribution in [1.29, 1.82) is 0 Å². The number of benzene rings is 1. The number of hydrogen-bond acceptors (Lipinski definition) is 4. The molecule has 2 heterocycles. The van der Waals surface area contributed by atoms with Gasteiger partial charge in [-0.15, -0.1) is 12.4 Å². The quantitative estimate of drug-likeness (QED) is 0.748. The van der Waals surface area contributed by atoms with Crippen molar-refractivity contribution in [1.82, 2.24) is 14.9 Å². The molecule has 0 saturated carbocycles. The zero-order valence-electron chi connectivity index (χ0n) is 16.1. The van der Waals surface area contributed by atoms with Crippen molar-refractivity contribution < 1.29 is 13.2 Å². The summed E-state index contributed by atoms with van der Waals surface area (Å²) < 4.78 is 27.3. The van der Waals surface area contributed by atoms with Gasteiger partial charge in [0.1, 0.15) is 0 Å². The molecule has 2 aliphatic rings. The van der Waals surface area contributed by atoms with Gasteiger partial charge in [-0.2, -0.15) is 0 Å². The molecule has 3 atom stereocenters. The highest BCUT2D eigenvalue weighted by Gasteiger charge is 2.36. The van der Waals surface area contributed by atoms with Gasteiger partial charge in [-0.25, -0.2) is 13.1 Å². The Morgan fingerprint density at radius 1 is 1.22 bits per heavy atom. The third kappa shape index (κ3) is 5.02. The van der Waals surface area contributed by atoms with E-state index in [9.17, 15) is 13.2 Å². The van der Waals surface area contributed by atoms with Gasteiger partial charge in [0, 0.05) is 36.8 Å². The fraction of sp³-hybridized carbons (Fsp3) is 0.632. The van der Waals surface area contributed by atoms with Gasteiger partial charge in [0.25, 0.3) is 5.91 Å². The lowest BCUT2D eigenvalue weighted by molar-refractivity contribution is 0.0681. The molecule has 8 heteroatoms. The van der Waals surface area contributed by atoms with Gasteiger partial charge in [0.05, 0.1) is 4.90 Å². The minimum atomic E-state index is -3.54. The zero-order chi connectivity index (χ0) is 18.9. The highest BCUT2D eigenvalue weighted by atomic mass is 35.5. The number of halogens is 1. The van der Waals surface area contributed by atoms with Crippen LogP contribution in [0.2, 0.25) is 0 Å².